The molecule has 1 aromatic carbocycles. The molecule has 0 atom stereocenters. The third-order valence-corrected chi connectivity index (χ3v) is 7.86. The molecule has 1 fully saturated rings. The summed E-state index contributed by atoms with van der Waals surface area (Å²) in [6, 6.07) is 5.42. The highest BCUT2D eigenvalue weighted by atomic mass is 79.9. The van der Waals surface area contributed by atoms with E-state index in [0.717, 1.165) is 31.2 Å². The van der Waals surface area contributed by atoms with Crippen LogP contribution < -0.4 is 0 Å². The minimum atomic E-state index is -3.39. The van der Waals surface area contributed by atoms with Crippen molar-refractivity contribution in [3.05, 3.63) is 28.2 Å². The van der Waals surface area contributed by atoms with Crippen LogP contribution >= 0.6 is 15.9 Å². The van der Waals surface area contributed by atoms with Gasteiger partial charge in [-0.05, 0) is 58.8 Å². The molecule has 1 heterocycles. The van der Waals surface area contributed by atoms with Crippen molar-refractivity contribution in [1.82, 2.24) is 4.31 Å². The van der Waals surface area contributed by atoms with Gasteiger partial charge >= 0.3 is 0 Å². The average molecular weight is 374 g/mol. The third-order valence-electron chi connectivity index (χ3n) is 4.99. The van der Waals surface area contributed by atoms with Crippen molar-refractivity contribution in [1.29, 1.82) is 0 Å². The Hall–Kier alpha value is -0.390. The molecule has 0 aliphatic carbocycles. The molecular formula is C16H24BrNO2S. The van der Waals surface area contributed by atoms with Crippen LogP contribution in [0.2, 0.25) is 0 Å². The SMILES string of the molecule is CCC1(CC)CCN(S(=O)(=O)c2ccc(C)cc2Br)CC1. The lowest BCUT2D eigenvalue weighted by Gasteiger charge is -2.40. The van der Waals surface area contributed by atoms with E-state index in [1.165, 1.54) is 0 Å². The predicted octanol–water partition coefficient (Wildman–Crippen LogP) is 4.35. The lowest BCUT2D eigenvalue weighted by atomic mass is 9.75. The predicted molar refractivity (Wildman–Crippen MR) is 89.9 cm³/mol. The number of aryl methyl sites for hydroxylation is 1. The Bertz CT molecular complexity index is 599. The van der Waals surface area contributed by atoms with Gasteiger partial charge in [0.25, 0.3) is 0 Å². The van der Waals surface area contributed by atoms with E-state index < -0.39 is 10.0 Å². The Morgan fingerprint density at radius 1 is 1.19 bits per heavy atom. The normalized spacial score (nSPS) is 19.6. The molecule has 0 aromatic heterocycles. The number of halogens is 1. The molecule has 0 spiro atoms. The van der Waals surface area contributed by atoms with Crippen molar-refractivity contribution >= 4 is 26.0 Å². The molecule has 2 rings (SSSR count). The van der Waals surface area contributed by atoms with Crippen LogP contribution in [0.1, 0.15) is 45.1 Å². The summed E-state index contributed by atoms with van der Waals surface area (Å²) in [5.41, 5.74) is 1.38. The van der Waals surface area contributed by atoms with Crippen molar-refractivity contribution in [2.45, 2.75) is 51.3 Å². The van der Waals surface area contributed by atoms with Gasteiger partial charge in [-0.15, -0.1) is 0 Å². The quantitative estimate of drug-likeness (QED) is 0.786. The minimum Gasteiger partial charge on any atom is -0.207 e. The standard InChI is InChI=1S/C16H24BrNO2S/c1-4-16(5-2)8-10-18(11-9-16)21(19,20)15-7-6-13(3)12-14(15)17/h6-7,12H,4-5,8-11H2,1-3H3. The summed E-state index contributed by atoms with van der Waals surface area (Å²) < 4.78 is 27.9. The van der Waals surface area contributed by atoms with Crippen molar-refractivity contribution in [2.75, 3.05) is 13.1 Å². The second-order valence-corrected chi connectivity index (χ2v) is 8.81. The second kappa shape index (κ2) is 6.39. The highest BCUT2D eigenvalue weighted by Crippen LogP contribution is 2.39. The first-order valence-corrected chi connectivity index (χ1v) is 9.84. The summed E-state index contributed by atoms with van der Waals surface area (Å²) in [5, 5.41) is 0. The Labute approximate surface area is 136 Å². The van der Waals surface area contributed by atoms with Gasteiger partial charge in [0.05, 0.1) is 4.90 Å². The number of nitrogens with zero attached hydrogens (tertiary/aromatic N) is 1. The first-order valence-electron chi connectivity index (χ1n) is 7.61. The number of benzene rings is 1. The molecule has 3 nitrogen and oxygen atoms in total. The molecule has 5 heteroatoms. The Morgan fingerprint density at radius 3 is 2.24 bits per heavy atom. The van der Waals surface area contributed by atoms with Gasteiger partial charge < -0.3 is 0 Å². The number of hydrogen-bond acceptors (Lipinski definition) is 2. The van der Waals surface area contributed by atoms with Gasteiger partial charge in [0.1, 0.15) is 0 Å². The van der Waals surface area contributed by atoms with Gasteiger partial charge in [-0.3, -0.25) is 0 Å². The van der Waals surface area contributed by atoms with Crippen LogP contribution in [0.15, 0.2) is 27.6 Å². The van der Waals surface area contributed by atoms with Gasteiger partial charge in [-0.1, -0.05) is 32.8 Å². The van der Waals surface area contributed by atoms with Crippen molar-refractivity contribution in [3.8, 4) is 0 Å². The van der Waals surface area contributed by atoms with Crippen LogP contribution in [0, 0.1) is 12.3 Å². The minimum absolute atomic E-state index is 0.330. The zero-order valence-corrected chi connectivity index (χ0v) is 15.4. The molecule has 0 radical (unpaired) electrons. The zero-order valence-electron chi connectivity index (χ0n) is 13.0. The maximum absolute atomic E-state index is 12.8. The van der Waals surface area contributed by atoms with E-state index in [4.69, 9.17) is 0 Å². The van der Waals surface area contributed by atoms with Crippen LogP contribution in [0.25, 0.3) is 0 Å². The molecule has 1 aliphatic heterocycles. The van der Waals surface area contributed by atoms with Crippen LogP contribution in [-0.2, 0) is 10.0 Å². The highest BCUT2D eigenvalue weighted by molar-refractivity contribution is 9.10. The van der Waals surface area contributed by atoms with E-state index in [2.05, 4.69) is 29.8 Å². The van der Waals surface area contributed by atoms with E-state index in [-0.39, 0.29) is 0 Å². The van der Waals surface area contributed by atoms with Crippen LogP contribution in [0.4, 0.5) is 0 Å². The summed E-state index contributed by atoms with van der Waals surface area (Å²) in [5.74, 6) is 0. The molecule has 0 amide bonds. The van der Waals surface area contributed by atoms with Crippen LogP contribution in [0.5, 0.6) is 0 Å². The summed E-state index contributed by atoms with van der Waals surface area (Å²) >= 11 is 3.39. The van der Waals surface area contributed by atoms with E-state index in [0.29, 0.717) is 27.9 Å². The molecule has 0 bridgehead atoms. The van der Waals surface area contributed by atoms with E-state index in [1.807, 2.05) is 19.1 Å². The average Bonchev–Trinajstić information content (AvgIpc) is 2.47. The molecule has 1 aliphatic rings. The molecule has 1 aromatic rings. The van der Waals surface area contributed by atoms with Crippen LogP contribution in [0.3, 0.4) is 0 Å². The lowest BCUT2D eigenvalue weighted by Crippen LogP contribution is -2.42. The van der Waals surface area contributed by atoms with Gasteiger partial charge in [0, 0.05) is 17.6 Å². The Balaban J connectivity index is 2.22. The monoisotopic (exact) mass is 373 g/mol. The highest BCUT2D eigenvalue weighted by Gasteiger charge is 2.36. The molecule has 0 unspecified atom stereocenters. The largest absolute Gasteiger partial charge is 0.244 e. The molecule has 0 N–H and O–H groups in total. The van der Waals surface area contributed by atoms with Gasteiger partial charge in [-0.2, -0.15) is 4.31 Å². The topological polar surface area (TPSA) is 37.4 Å². The van der Waals surface area contributed by atoms with Crippen LogP contribution in [-0.4, -0.2) is 25.8 Å². The molecule has 21 heavy (non-hydrogen) atoms. The number of sulfonamides is 1. The van der Waals surface area contributed by atoms with Crippen molar-refractivity contribution in [3.63, 3.8) is 0 Å². The van der Waals surface area contributed by atoms with Crippen molar-refractivity contribution in [2.24, 2.45) is 5.41 Å². The molecule has 1 saturated heterocycles. The summed E-state index contributed by atoms with van der Waals surface area (Å²) in [4.78, 5) is 0.383. The van der Waals surface area contributed by atoms with Gasteiger partial charge in [0.2, 0.25) is 10.0 Å². The first kappa shape index (κ1) is 17.0. The lowest BCUT2D eigenvalue weighted by molar-refractivity contribution is 0.141. The zero-order chi connectivity index (χ0) is 15.7. The number of hydrogen-bond donors (Lipinski definition) is 0. The third kappa shape index (κ3) is 3.35. The van der Waals surface area contributed by atoms with Crippen molar-refractivity contribution < 1.29 is 8.42 Å². The number of rotatable bonds is 4. The van der Waals surface area contributed by atoms with E-state index in [9.17, 15) is 8.42 Å². The first-order chi connectivity index (χ1) is 9.84. The summed E-state index contributed by atoms with van der Waals surface area (Å²) in [7, 11) is -3.39. The molecule has 0 saturated carbocycles. The Morgan fingerprint density at radius 2 is 1.76 bits per heavy atom. The number of piperidine rings is 1. The summed E-state index contributed by atoms with van der Waals surface area (Å²) in [6.07, 6.45) is 4.18. The van der Waals surface area contributed by atoms with E-state index in [1.54, 1.807) is 10.4 Å². The maximum Gasteiger partial charge on any atom is 0.244 e. The second-order valence-electron chi connectivity index (χ2n) is 6.05. The fraction of sp³-hybridized carbons (Fsp3) is 0.625. The summed E-state index contributed by atoms with van der Waals surface area (Å²) in [6.45, 7) is 7.64. The van der Waals surface area contributed by atoms with Gasteiger partial charge in [-0.25, -0.2) is 8.42 Å². The molecule has 118 valence electrons. The van der Waals surface area contributed by atoms with E-state index >= 15 is 0 Å². The van der Waals surface area contributed by atoms with Gasteiger partial charge in [0.15, 0.2) is 0 Å². The smallest absolute Gasteiger partial charge is 0.207 e. The fourth-order valence-electron chi connectivity index (χ4n) is 3.11. The Kier molecular flexibility index (Phi) is 5.16. The molecular weight excluding hydrogens is 350 g/mol. The maximum atomic E-state index is 12.8. The fourth-order valence-corrected chi connectivity index (χ4v) is 5.71.